The minimum atomic E-state index is -0.686. The number of anilines is 2. The Morgan fingerprint density at radius 2 is 1.79 bits per heavy atom. The topological polar surface area (TPSA) is 40.2 Å². The van der Waals surface area contributed by atoms with Gasteiger partial charge in [-0.3, -0.25) is 0 Å². The van der Waals surface area contributed by atoms with Gasteiger partial charge in [0, 0.05) is 19.7 Å². The highest BCUT2D eigenvalue weighted by atomic mass is 19.1. The maximum Gasteiger partial charge on any atom is 0.168 e. The van der Waals surface area contributed by atoms with Crippen molar-refractivity contribution in [1.82, 2.24) is 9.88 Å². The van der Waals surface area contributed by atoms with E-state index in [-0.39, 0.29) is 11.6 Å². The van der Waals surface area contributed by atoms with Gasteiger partial charge in [-0.05, 0) is 26.1 Å². The normalized spacial score (nSPS) is 10.8. The summed E-state index contributed by atoms with van der Waals surface area (Å²) in [6.07, 6.45) is 0.884. The van der Waals surface area contributed by atoms with Gasteiger partial charge in [0.2, 0.25) is 0 Å². The minimum Gasteiger partial charge on any atom is -0.371 e. The molecule has 1 aromatic heterocycles. The first-order valence-corrected chi connectivity index (χ1v) is 6.62. The van der Waals surface area contributed by atoms with Crippen molar-refractivity contribution in [2.75, 3.05) is 43.9 Å². The van der Waals surface area contributed by atoms with Crippen molar-refractivity contribution in [2.45, 2.75) is 20.3 Å². The molecule has 1 aromatic rings. The van der Waals surface area contributed by atoms with E-state index in [0.29, 0.717) is 6.54 Å². The van der Waals surface area contributed by atoms with Crippen LogP contribution in [0.25, 0.3) is 0 Å². The Morgan fingerprint density at radius 1 is 1.16 bits per heavy atom. The number of pyridine rings is 1. The van der Waals surface area contributed by atoms with Crippen LogP contribution in [0.15, 0.2) is 6.07 Å². The lowest BCUT2D eigenvalue weighted by atomic mass is 10.3. The van der Waals surface area contributed by atoms with E-state index < -0.39 is 11.6 Å². The predicted octanol–water partition coefficient (Wildman–Crippen LogP) is 2.55. The van der Waals surface area contributed by atoms with Crippen LogP contribution in [0.1, 0.15) is 20.3 Å². The van der Waals surface area contributed by atoms with Gasteiger partial charge in [-0.15, -0.1) is 0 Å². The Hall–Kier alpha value is -1.43. The Balaban J connectivity index is 2.49. The standard InChI is InChI=1S/C13H22F2N4/c1-4-19(5-2)8-6-7-17-13-11(15)9-10(14)12(16-3)18-13/h9H,4-8H2,1-3H3,(H2,16,17,18). The second kappa shape index (κ2) is 7.89. The number of hydrogen-bond acceptors (Lipinski definition) is 4. The lowest BCUT2D eigenvalue weighted by molar-refractivity contribution is 0.303. The fourth-order valence-corrected chi connectivity index (χ4v) is 1.82. The van der Waals surface area contributed by atoms with E-state index >= 15 is 0 Å². The Morgan fingerprint density at radius 3 is 2.37 bits per heavy atom. The average molecular weight is 272 g/mol. The van der Waals surface area contributed by atoms with Crippen molar-refractivity contribution in [3.8, 4) is 0 Å². The number of halogens is 2. The van der Waals surface area contributed by atoms with Crippen LogP contribution < -0.4 is 10.6 Å². The van der Waals surface area contributed by atoms with Gasteiger partial charge in [-0.2, -0.15) is 0 Å². The fraction of sp³-hybridized carbons (Fsp3) is 0.615. The van der Waals surface area contributed by atoms with Crippen LogP contribution in [0.2, 0.25) is 0 Å². The molecule has 0 spiro atoms. The van der Waals surface area contributed by atoms with E-state index in [1.165, 1.54) is 0 Å². The predicted molar refractivity (Wildman–Crippen MR) is 74.6 cm³/mol. The van der Waals surface area contributed by atoms with Crippen LogP contribution in [0.5, 0.6) is 0 Å². The maximum atomic E-state index is 13.5. The van der Waals surface area contributed by atoms with Crippen molar-refractivity contribution in [2.24, 2.45) is 0 Å². The largest absolute Gasteiger partial charge is 0.371 e. The van der Waals surface area contributed by atoms with Crippen LogP contribution in [-0.2, 0) is 0 Å². The molecule has 1 rings (SSSR count). The van der Waals surface area contributed by atoms with Crippen molar-refractivity contribution < 1.29 is 8.78 Å². The average Bonchev–Trinajstić information content (AvgIpc) is 2.41. The molecule has 0 atom stereocenters. The fourth-order valence-electron chi connectivity index (χ4n) is 1.82. The lowest BCUT2D eigenvalue weighted by Crippen LogP contribution is -2.25. The molecule has 0 aliphatic rings. The zero-order chi connectivity index (χ0) is 14.3. The van der Waals surface area contributed by atoms with Gasteiger partial charge in [0.1, 0.15) is 0 Å². The highest BCUT2D eigenvalue weighted by Gasteiger charge is 2.10. The first kappa shape index (κ1) is 15.6. The van der Waals surface area contributed by atoms with E-state index in [4.69, 9.17) is 0 Å². The van der Waals surface area contributed by atoms with Crippen LogP contribution in [0, 0.1) is 11.6 Å². The molecule has 1 heterocycles. The lowest BCUT2D eigenvalue weighted by Gasteiger charge is -2.18. The number of aromatic nitrogens is 1. The number of rotatable bonds is 8. The van der Waals surface area contributed by atoms with Gasteiger partial charge in [0.15, 0.2) is 23.3 Å². The third-order valence-electron chi connectivity index (χ3n) is 3.00. The van der Waals surface area contributed by atoms with Gasteiger partial charge in [0.25, 0.3) is 0 Å². The third kappa shape index (κ3) is 4.63. The highest BCUT2D eigenvalue weighted by Crippen LogP contribution is 2.18. The molecule has 6 heteroatoms. The zero-order valence-corrected chi connectivity index (χ0v) is 11.8. The third-order valence-corrected chi connectivity index (χ3v) is 3.00. The molecule has 0 saturated carbocycles. The molecule has 108 valence electrons. The van der Waals surface area contributed by atoms with E-state index in [2.05, 4.69) is 34.4 Å². The molecular weight excluding hydrogens is 250 g/mol. The van der Waals surface area contributed by atoms with Crippen LogP contribution in [0.3, 0.4) is 0 Å². The van der Waals surface area contributed by atoms with Gasteiger partial charge >= 0.3 is 0 Å². The molecule has 0 amide bonds. The van der Waals surface area contributed by atoms with Crippen molar-refractivity contribution >= 4 is 11.6 Å². The van der Waals surface area contributed by atoms with Crippen molar-refractivity contribution in [3.63, 3.8) is 0 Å². The molecule has 0 unspecified atom stereocenters. The Bertz CT molecular complexity index is 394. The molecule has 0 aromatic carbocycles. The van der Waals surface area contributed by atoms with Gasteiger partial charge in [-0.1, -0.05) is 13.8 Å². The summed E-state index contributed by atoms with van der Waals surface area (Å²) in [4.78, 5) is 6.15. The van der Waals surface area contributed by atoms with Gasteiger partial charge in [0.05, 0.1) is 0 Å². The summed E-state index contributed by atoms with van der Waals surface area (Å²) >= 11 is 0. The summed E-state index contributed by atoms with van der Waals surface area (Å²) < 4.78 is 26.7. The maximum absolute atomic E-state index is 13.5. The monoisotopic (exact) mass is 272 g/mol. The molecular formula is C13H22F2N4. The van der Waals surface area contributed by atoms with Gasteiger partial charge in [-0.25, -0.2) is 13.8 Å². The SMILES string of the molecule is CCN(CC)CCCNc1nc(NC)c(F)cc1F. The smallest absolute Gasteiger partial charge is 0.168 e. The number of hydrogen-bond donors (Lipinski definition) is 2. The highest BCUT2D eigenvalue weighted by molar-refractivity contribution is 5.47. The number of nitrogens with zero attached hydrogens (tertiary/aromatic N) is 2. The van der Waals surface area contributed by atoms with Crippen molar-refractivity contribution in [3.05, 3.63) is 17.7 Å². The van der Waals surface area contributed by atoms with Gasteiger partial charge < -0.3 is 15.5 Å². The van der Waals surface area contributed by atoms with E-state index in [1.54, 1.807) is 7.05 Å². The van der Waals surface area contributed by atoms with Crippen LogP contribution in [0.4, 0.5) is 20.4 Å². The molecule has 0 aliphatic carbocycles. The van der Waals surface area contributed by atoms with E-state index in [9.17, 15) is 8.78 Å². The first-order chi connectivity index (χ1) is 9.12. The molecule has 4 nitrogen and oxygen atoms in total. The molecule has 0 aliphatic heterocycles. The van der Waals surface area contributed by atoms with Crippen LogP contribution in [-0.4, -0.2) is 43.1 Å². The molecule has 19 heavy (non-hydrogen) atoms. The number of nitrogens with one attached hydrogen (secondary N) is 2. The molecule has 0 fully saturated rings. The summed E-state index contributed by atoms with van der Waals surface area (Å²) in [5, 5.41) is 5.49. The molecule has 2 N–H and O–H groups in total. The summed E-state index contributed by atoms with van der Waals surface area (Å²) in [7, 11) is 1.55. The minimum absolute atomic E-state index is 0.0487. The molecule has 0 saturated heterocycles. The summed E-state index contributed by atoms with van der Waals surface area (Å²) in [6, 6.07) is 0.839. The summed E-state index contributed by atoms with van der Waals surface area (Å²) in [5.41, 5.74) is 0. The summed E-state index contributed by atoms with van der Waals surface area (Å²) in [5.74, 6) is -1.22. The van der Waals surface area contributed by atoms with Crippen LogP contribution >= 0.6 is 0 Å². The van der Waals surface area contributed by atoms with E-state index in [0.717, 1.165) is 32.1 Å². The first-order valence-electron chi connectivity index (χ1n) is 6.62. The summed E-state index contributed by atoms with van der Waals surface area (Å²) in [6.45, 7) is 7.78. The second-order valence-corrected chi connectivity index (χ2v) is 4.21. The second-order valence-electron chi connectivity index (χ2n) is 4.21. The van der Waals surface area contributed by atoms with E-state index in [1.807, 2.05) is 0 Å². The Labute approximate surface area is 113 Å². The molecule has 0 radical (unpaired) electrons. The van der Waals surface area contributed by atoms with Crippen molar-refractivity contribution in [1.29, 1.82) is 0 Å². The zero-order valence-electron chi connectivity index (χ0n) is 11.8. The quantitative estimate of drug-likeness (QED) is 0.714. The Kier molecular flexibility index (Phi) is 6.49. The molecule has 0 bridgehead atoms.